The van der Waals surface area contributed by atoms with Crippen molar-refractivity contribution in [2.75, 3.05) is 0 Å². The average molecular weight is 404 g/mol. The molecule has 0 aliphatic rings. The Morgan fingerprint density at radius 1 is 1.00 bits per heavy atom. The van der Waals surface area contributed by atoms with Crippen LogP contribution in [-0.2, 0) is 11.0 Å². The zero-order valence-corrected chi connectivity index (χ0v) is 12.6. The second kappa shape index (κ2) is 6.25. The largest absolute Gasteiger partial charge is 0.457 e. The number of hydrogen-bond donors (Lipinski definition) is 0. The number of hydrogen-bond acceptors (Lipinski definition) is 3. The van der Waals surface area contributed by atoms with Gasteiger partial charge in [-0.15, -0.1) is 11.3 Å². The highest BCUT2D eigenvalue weighted by Crippen LogP contribution is 2.46. The zero-order chi connectivity index (χ0) is 20.0. The zero-order valence-electron chi connectivity index (χ0n) is 11.8. The highest BCUT2D eigenvalue weighted by molar-refractivity contribution is 7.10. The number of Topliss-reactive ketones (excluding diaryl/α,β-unsaturated/α-hetero) is 2. The van der Waals surface area contributed by atoms with E-state index < -0.39 is 75.8 Å². The highest BCUT2D eigenvalue weighted by Gasteiger charge is 2.72. The molecule has 0 amide bonds. The molecule has 0 radical (unpaired) electrons. The molecule has 0 N–H and O–H groups in total. The molecule has 1 unspecified atom stereocenters. The van der Waals surface area contributed by atoms with Gasteiger partial charge in [-0.2, -0.15) is 39.5 Å². The molecule has 13 heteroatoms. The fourth-order valence-electron chi connectivity index (χ4n) is 1.55. The van der Waals surface area contributed by atoms with Crippen molar-refractivity contribution in [3.63, 3.8) is 0 Å². The standard InChI is InChI=1S/C12H6F10O2S/c1-9(14,11(18,19)12(20,21)22)6(24)3-5(23)4-2-7(10(15,16)17)25-8(4)13/h2H,3H2,1H3. The van der Waals surface area contributed by atoms with Crippen molar-refractivity contribution in [2.24, 2.45) is 0 Å². The van der Waals surface area contributed by atoms with Gasteiger partial charge in [-0.05, 0) is 13.0 Å². The number of ketones is 2. The summed E-state index contributed by atoms with van der Waals surface area (Å²) in [6.45, 7) is -0.429. The van der Waals surface area contributed by atoms with Crippen LogP contribution in [0.1, 0.15) is 28.6 Å². The van der Waals surface area contributed by atoms with Crippen LogP contribution in [0.3, 0.4) is 0 Å². The van der Waals surface area contributed by atoms with Crippen LogP contribution in [0.5, 0.6) is 0 Å². The number of rotatable bonds is 5. The number of carbonyl (C=O) groups excluding carboxylic acids is 2. The molecule has 0 saturated heterocycles. The molecular formula is C12H6F10O2S. The predicted molar refractivity (Wildman–Crippen MR) is 63.7 cm³/mol. The van der Waals surface area contributed by atoms with Crippen LogP contribution in [0.25, 0.3) is 0 Å². The van der Waals surface area contributed by atoms with Crippen molar-refractivity contribution in [3.05, 3.63) is 21.6 Å². The van der Waals surface area contributed by atoms with Crippen molar-refractivity contribution in [3.8, 4) is 0 Å². The first kappa shape index (κ1) is 21.4. The molecule has 142 valence electrons. The van der Waals surface area contributed by atoms with Crippen molar-refractivity contribution < 1.29 is 53.5 Å². The van der Waals surface area contributed by atoms with Crippen molar-refractivity contribution >= 4 is 22.9 Å². The Morgan fingerprint density at radius 2 is 1.48 bits per heavy atom. The molecule has 1 atom stereocenters. The van der Waals surface area contributed by atoms with Crippen LogP contribution in [0.15, 0.2) is 6.07 Å². The first-order valence-corrected chi connectivity index (χ1v) is 6.81. The van der Waals surface area contributed by atoms with Crippen LogP contribution >= 0.6 is 11.3 Å². The van der Waals surface area contributed by atoms with Gasteiger partial charge in [0.15, 0.2) is 16.7 Å². The van der Waals surface area contributed by atoms with E-state index in [0.29, 0.717) is 0 Å². The quantitative estimate of drug-likeness (QED) is 0.395. The second-order valence-corrected chi connectivity index (χ2v) is 5.90. The molecule has 25 heavy (non-hydrogen) atoms. The summed E-state index contributed by atoms with van der Waals surface area (Å²) in [5, 5.41) is -1.74. The minimum Gasteiger partial charge on any atom is -0.295 e. The molecule has 1 aromatic heterocycles. The topological polar surface area (TPSA) is 34.1 Å². The molecule has 1 aromatic rings. The fraction of sp³-hybridized carbons (Fsp3) is 0.500. The summed E-state index contributed by atoms with van der Waals surface area (Å²) >= 11 is -0.552. The molecule has 0 aliphatic carbocycles. The lowest BCUT2D eigenvalue weighted by Crippen LogP contribution is -2.57. The first-order valence-electron chi connectivity index (χ1n) is 5.99. The van der Waals surface area contributed by atoms with E-state index in [-0.39, 0.29) is 6.07 Å². The summed E-state index contributed by atoms with van der Waals surface area (Å²) in [5.74, 6) is -10.6. The molecule has 0 bridgehead atoms. The predicted octanol–water partition coefficient (Wildman–Crippen LogP) is 4.97. The fourth-order valence-corrected chi connectivity index (χ4v) is 2.32. The minimum absolute atomic E-state index is 0.0485. The van der Waals surface area contributed by atoms with Crippen molar-refractivity contribution in [1.82, 2.24) is 0 Å². The number of alkyl halides is 9. The molecule has 0 saturated carbocycles. The Bertz CT molecular complexity index is 683. The normalized spacial score (nSPS) is 15.8. The smallest absolute Gasteiger partial charge is 0.295 e. The van der Waals surface area contributed by atoms with E-state index in [0.717, 1.165) is 0 Å². The van der Waals surface area contributed by atoms with Gasteiger partial charge in [-0.1, -0.05) is 0 Å². The molecule has 0 aliphatic heterocycles. The van der Waals surface area contributed by atoms with Gasteiger partial charge in [0, 0.05) is 0 Å². The average Bonchev–Trinajstić information content (AvgIpc) is 2.79. The Morgan fingerprint density at radius 3 is 1.84 bits per heavy atom. The summed E-state index contributed by atoms with van der Waals surface area (Å²) in [6.07, 6.45) is -13.5. The lowest BCUT2D eigenvalue weighted by molar-refractivity contribution is -0.317. The minimum atomic E-state index is -6.47. The van der Waals surface area contributed by atoms with Gasteiger partial charge >= 0.3 is 18.3 Å². The van der Waals surface area contributed by atoms with E-state index in [9.17, 15) is 53.5 Å². The summed E-state index contributed by atoms with van der Waals surface area (Å²) < 4.78 is 127. The number of halogens is 10. The van der Waals surface area contributed by atoms with E-state index >= 15 is 0 Å². The van der Waals surface area contributed by atoms with Crippen LogP contribution < -0.4 is 0 Å². The third-order valence-electron chi connectivity index (χ3n) is 3.06. The van der Waals surface area contributed by atoms with Crippen LogP contribution in [0, 0.1) is 5.13 Å². The Kier molecular flexibility index (Phi) is 5.35. The molecular weight excluding hydrogens is 398 g/mol. The summed E-state index contributed by atoms with van der Waals surface area (Å²) in [6, 6.07) is -0.0485. The van der Waals surface area contributed by atoms with Gasteiger partial charge in [0.2, 0.25) is 5.67 Å². The van der Waals surface area contributed by atoms with Gasteiger partial charge in [-0.3, -0.25) is 9.59 Å². The Balaban J connectivity index is 3.09. The van der Waals surface area contributed by atoms with Gasteiger partial charge in [0.1, 0.15) is 4.88 Å². The van der Waals surface area contributed by atoms with Crippen LogP contribution in [-0.4, -0.2) is 29.3 Å². The van der Waals surface area contributed by atoms with E-state index in [1.54, 1.807) is 0 Å². The second-order valence-electron chi connectivity index (χ2n) is 4.89. The van der Waals surface area contributed by atoms with E-state index in [4.69, 9.17) is 0 Å². The van der Waals surface area contributed by atoms with E-state index in [1.807, 2.05) is 0 Å². The number of carbonyl (C=O) groups is 2. The highest BCUT2D eigenvalue weighted by atomic mass is 32.1. The van der Waals surface area contributed by atoms with Gasteiger partial charge in [0.05, 0.1) is 12.0 Å². The summed E-state index contributed by atoms with van der Waals surface area (Å²) in [7, 11) is 0. The molecule has 0 spiro atoms. The SMILES string of the molecule is CC(F)(C(=O)CC(=O)c1cc(C(F)(F)F)sc1F)C(F)(F)C(F)(F)F. The van der Waals surface area contributed by atoms with Gasteiger partial charge < -0.3 is 0 Å². The summed E-state index contributed by atoms with van der Waals surface area (Å²) in [4.78, 5) is 21.3. The first-order chi connectivity index (χ1) is 10.9. The third kappa shape index (κ3) is 3.96. The monoisotopic (exact) mass is 404 g/mol. The van der Waals surface area contributed by atoms with Crippen LogP contribution in [0.2, 0.25) is 0 Å². The lowest BCUT2D eigenvalue weighted by atomic mass is 9.90. The van der Waals surface area contributed by atoms with Gasteiger partial charge in [-0.25, -0.2) is 4.39 Å². The maximum absolute atomic E-state index is 13.7. The third-order valence-corrected chi connectivity index (χ3v) is 4.03. The van der Waals surface area contributed by atoms with Crippen molar-refractivity contribution in [1.29, 1.82) is 0 Å². The lowest BCUT2D eigenvalue weighted by Gasteiger charge is -2.30. The van der Waals surface area contributed by atoms with Crippen LogP contribution in [0.4, 0.5) is 43.9 Å². The number of thiophene rings is 1. The maximum Gasteiger partial charge on any atom is 0.457 e. The van der Waals surface area contributed by atoms with E-state index in [1.165, 1.54) is 0 Å². The molecule has 0 aromatic carbocycles. The van der Waals surface area contributed by atoms with E-state index in [2.05, 4.69) is 0 Å². The maximum atomic E-state index is 13.7. The van der Waals surface area contributed by atoms with Crippen molar-refractivity contribution in [2.45, 2.75) is 37.3 Å². The summed E-state index contributed by atoms with van der Waals surface area (Å²) in [5.41, 5.74) is -6.24. The molecule has 1 heterocycles. The Labute approximate surface area is 136 Å². The van der Waals surface area contributed by atoms with Gasteiger partial charge in [0.25, 0.3) is 0 Å². The molecule has 1 rings (SSSR count). The molecule has 0 fully saturated rings. The molecule has 2 nitrogen and oxygen atoms in total. The Hall–Kier alpha value is -1.66.